The molecule has 3 aliphatic rings. The van der Waals surface area contributed by atoms with E-state index in [1.165, 1.54) is 0 Å². The normalized spacial score (nSPS) is 21.2. The third-order valence-corrected chi connectivity index (χ3v) is 6.48. The highest BCUT2D eigenvalue weighted by Gasteiger charge is 2.52. The molecule has 1 amide bonds. The van der Waals surface area contributed by atoms with Gasteiger partial charge >= 0.3 is 6.09 Å². The summed E-state index contributed by atoms with van der Waals surface area (Å²) < 4.78 is 11.7. The minimum absolute atomic E-state index is 0.00697. The van der Waals surface area contributed by atoms with Crippen LogP contribution < -0.4 is 4.74 Å². The van der Waals surface area contributed by atoms with E-state index in [-0.39, 0.29) is 17.9 Å². The van der Waals surface area contributed by atoms with Gasteiger partial charge in [-0.25, -0.2) is 9.80 Å². The maximum absolute atomic E-state index is 12.2. The largest absolute Gasteiger partial charge is 0.507 e. The summed E-state index contributed by atoms with van der Waals surface area (Å²) in [6.45, 7) is 3.21. The van der Waals surface area contributed by atoms with Crippen LogP contribution in [0.4, 0.5) is 4.79 Å². The van der Waals surface area contributed by atoms with Crippen molar-refractivity contribution in [1.82, 2.24) is 9.91 Å². The highest BCUT2D eigenvalue weighted by atomic mass is 35.5. The number of likely N-dealkylation sites (tertiary alicyclic amines) is 1. The van der Waals surface area contributed by atoms with Gasteiger partial charge in [0, 0.05) is 48.5 Å². The SMILES string of the molecule is CCOC(=O)N1CCC2(CC1)Oc1ccccc1C1CC(c3cc(Cl)ccc3O)=NN12. The molecule has 3 aliphatic heterocycles. The highest BCUT2D eigenvalue weighted by Crippen LogP contribution is 2.50. The number of aromatic hydroxyl groups is 1. The van der Waals surface area contributed by atoms with Crippen molar-refractivity contribution in [3.63, 3.8) is 0 Å². The van der Waals surface area contributed by atoms with E-state index in [0.717, 1.165) is 17.0 Å². The molecule has 1 spiro atoms. The Labute approximate surface area is 185 Å². The number of amides is 1. The Morgan fingerprint density at radius 2 is 2.06 bits per heavy atom. The molecular weight excluding hydrogens is 418 g/mol. The Balaban J connectivity index is 1.50. The van der Waals surface area contributed by atoms with Crippen LogP contribution in [0, 0.1) is 0 Å². The van der Waals surface area contributed by atoms with Crippen molar-refractivity contribution in [3.05, 3.63) is 58.6 Å². The van der Waals surface area contributed by atoms with E-state index < -0.39 is 5.72 Å². The first kappa shape index (κ1) is 20.0. The molecule has 1 fully saturated rings. The van der Waals surface area contributed by atoms with E-state index >= 15 is 0 Å². The predicted molar refractivity (Wildman–Crippen MR) is 116 cm³/mol. The molecule has 1 saturated heterocycles. The van der Waals surface area contributed by atoms with Gasteiger partial charge in [0.1, 0.15) is 11.5 Å². The second kappa shape index (κ2) is 7.64. The fourth-order valence-corrected chi connectivity index (χ4v) is 4.89. The second-order valence-corrected chi connectivity index (χ2v) is 8.48. The molecule has 0 aromatic heterocycles. The van der Waals surface area contributed by atoms with Crippen molar-refractivity contribution in [1.29, 1.82) is 0 Å². The Bertz CT molecular complexity index is 1050. The summed E-state index contributed by atoms with van der Waals surface area (Å²) in [5, 5.41) is 17.9. The van der Waals surface area contributed by atoms with E-state index in [2.05, 4.69) is 6.07 Å². The molecule has 8 heteroatoms. The van der Waals surface area contributed by atoms with Gasteiger partial charge in [0.2, 0.25) is 5.72 Å². The maximum Gasteiger partial charge on any atom is 0.409 e. The zero-order valence-electron chi connectivity index (χ0n) is 17.3. The lowest BCUT2D eigenvalue weighted by molar-refractivity contribution is -0.147. The summed E-state index contributed by atoms with van der Waals surface area (Å²) in [5.74, 6) is 1.00. The third kappa shape index (κ3) is 3.37. The Morgan fingerprint density at radius 3 is 2.84 bits per heavy atom. The van der Waals surface area contributed by atoms with Crippen LogP contribution in [0.5, 0.6) is 11.5 Å². The highest BCUT2D eigenvalue weighted by molar-refractivity contribution is 6.31. The molecule has 1 unspecified atom stereocenters. The van der Waals surface area contributed by atoms with Crippen LogP contribution in [0.15, 0.2) is 47.6 Å². The summed E-state index contributed by atoms with van der Waals surface area (Å²) in [5.41, 5.74) is 1.83. The molecule has 0 radical (unpaired) electrons. The molecular formula is C23H24ClN3O4. The van der Waals surface area contributed by atoms with Crippen molar-refractivity contribution in [2.24, 2.45) is 5.10 Å². The number of benzene rings is 2. The zero-order valence-corrected chi connectivity index (χ0v) is 18.0. The molecule has 1 atom stereocenters. The number of hydrogen-bond acceptors (Lipinski definition) is 6. The molecule has 0 aliphatic carbocycles. The van der Waals surface area contributed by atoms with Gasteiger partial charge in [0.05, 0.1) is 18.4 Å². The van der Waals surface area contributed by atoms with Crippen LogP contribution in [0.3, 0.4) is 0 Å². The molecule has 5 rings (SSSR count). The third-order valence-electron chi connectivity index (χ3n) is 6.25. The van der Waals surface area contributed by atoms with Crippen molar-refractivity contribution in [3.8, 4) is 11.5 Å². The number of phenols is 1. The minimum Gasteiger partial charge on any atom is -0.507 e. The number of piperidine rings is 1. The molecule has 1 N–H and O–H groups in total. The number of phenolic OH excluding ortho intramolecular Hbond substituents is 1. The van der Waals surface area contributed by atoms with Crippen LogP contribution in [0.2, 0.25) is 5.02 Å². The molecule has 0 bridgehead atoms. The number of carbonyl (C=O) groups excluding carboxylic acids is 1. The first-order chi connectivity index (χ1) is 15.0. The number of ether oxygens (including phenoxy) is 2. The average molecular weight is 442 g/mol. The smallest absolute Gasteiger partial charge is 0.409 e. The first-order valence-corrected chi connectivity index (χ1v) is 10.9. The lowest BCUT2D eigenvalue weighted by Gasteiger charge is -2.50. The van der Waals surface area contributed by atoms with Crippen LogP contribution >= 0.6 is 11.6 Å². The number of rotatable bonds is 2. The Hall–Kier alpha value is -2.93. The van der Waals surface area contributed by atoms with Crippen LogP contribution in [-0.2, 0) is 4.74 Å². The van der Waals surface area contributed by atoms with E-state index in [1.807, 2.05) is 23.2 Å². The van der Waals surface area contributed by atoms with Gasteiger partial charge in [-0.1, -0.05) is 29.8 Å². The standard InChI is InChI=1S/C23H24ClN3O4/c1-2-30-22(29)26-11-9-23(10-12-26)27-19(16-5-3-4-6-21(16)31-23)14-18(25-27)17-13-15(24)7-8-20(17)28/h3-8,13,19,28H,2,9-12,14H2,1H3. The number of fused-ring (bicyclic) bond motifs is 4. The van der Waals surface area contributed by atoms with Crippen molar-refractivity contribution < 1.29 is 19.4 Å². The number of hydrogen-bond donors (Lipinski definition) is 1. The van der Waals surface area contributed by atoms with Gasteiger partial charge < -0.3 is 19.5 Å². The molecule has 7 nitrogen and oxygen atoms in total. The fraction of sp³-hybridized carbons (Fsp3) is 0.391. The second-order valence-electron chi connectivity index (χ2n) is 8.04. The molecule has 162 valence electrons. The molecule has 2 aromatic rings. The number of nitrogens with zero attached hydrogens (tertiary/aromatic N) is 3. The van der Waals surface area contributed by atoms with Gasteiger partial charge in [-0.15, -0.1) is 0 Å². The van der Waals surface area contributed by atoms with Crippen LogP contribution in [-0.4, -0.2) is 52.2 Å². The molecule has 0 saturated carbocycles. The summed E-state index contributed by atoms with van der Waals surface area (Å²) in [6.07, 6.45) is 1.56. The monoisotopic (exact) mass is 441 g/mol. The molecule has 31 heavy (non-hydrogen) atoms. The Morgan fingerprint density at radius 1 is 1.29 bits per heavy atom. The van der Waals surface area contributed by atoms with E-state index in [0.29, 0.717) is 49.5 Å². The summed E-state index contributed by atoms with van der Waals surface area (Å²) >= 11 is 6.19. The number of hydrazone groups is 1. The first-order valence-electron chi connectivity index (χ1n) is 10.6. The van der Waals surface area contributed by atoms with Gasteiger partial charge in [-0.2, -0.15) is 5.10 Å². The summed E-state index contributed by atoms with van der Waals surface area (Å²) in [6, 6.07) is 13.0. The van der Waals surface area contributed by atoms with Gasteiger partial charge in [0.25, 0.3) is 0 Å². The zero-order chi connectivity index (χ0) is 21.6. The topological polar surface area (TPSA) is 74.6 Å². The maximum atomic E-state index is 12.2. The Kier molecular flexibility index (Phi) is 4.93. The number of para-hydroxylation sites is 1. The van der Waals surface area contributed by atoms with Crippen molar-refractivity contribution in [2.45, 2.75) is 38.0 Å². The van der Waals surface area contributed by atoms with Crippen molar-refractivity contribution >= 4 is 23.4 Å². The predicted octanol–water partition coefficient (Wildman–Crippen LogP) is 4.54. The lowest BCUT2D eigenvalue weighted by atomic mass is 9.90. The lowest BCUT2D eigenvalue weighted by Crippen LogP contribution is -2.59. The fourth-order valence-electron chi connectivity index (χ4n) is 4.72. The van der Waals surface area contributed by atoms with E-state index in [4.69, 9.17) is 26.2 Å². The minimum atomic E-state index is -0.655. The van der Waals surface area contributed by atoms with Gasteiger partial charge in [0.15, 0.2) is 0 Å². The van der Waals surface area contributed by atoms with E-state index in [1.54, 1.807) is 30.0 Å². The number of halogens is 1. The number of carbonyl (C=O) groups is 1. The quantitative estimate of drug-likeness (QED) is 0.740. The summed E-state index contributed by atoms with van der Waals surface area (Å²) in [4.78, 5) is 13.9. The van der Waals surface area contributed by atoms with Crippen LogP contribution in [0.1, 0.15) is 43.4 Å². The average Bonchev–Trinajstić information content (AvgIpc) is 3.23. The molecule has 3 heterocycles. The van der Waals surface area contributed by atoms with Gasteiger partial charge in [-0.3, -0.25) is 0 Å². The van der Waals surface area contributed by atoms with E-state index in [9.17, 15) is 9.90 Å². The van der Waals surface area contributed by atoms with Gasteiger partial charge in [-0.05, 0) is 31.2 Å². The van der Waals surface area contributed by atoms with Crippen LogP contribution in [0.25, 0.3) is 0 Å². The molecule has 2 aromatic carbocycles. The van der Waals surface area contributed by atoms with Crippen molar-refractivity contribution in [2.75, 3.05) is 19.7 Å². The summed E-state index contributed by atoms with van der Waals surface area (Å²) in [7, 11) is 0.